The molecule has 1 aromatic carbocycles. The fourth-order valence-corrected chi connectivity index (χ4v) is 3.42. The Hall–Kier alpha value is -1.79. The molecule has 2 heterocycles. The van der Waals surface area contributed by atoms with Gasteiger partial charge in [-0.25, -0.2) is 0 Å². The minimum atomic E-state index is -0.309. The number of carbonyl (C=O) groups is 2. The summed E-state index contributed by atoms with van der Waals surface area (Å²) in [6.45, 7) is 2.92. The maximum absolute atomic E-state index is 12.7. The SMILES string of the molecule is COc1ccc(N2C[C@H](C(=O)N3CCCOCC3)CC2=O)cc1Cl. The Morgan fingerprint density at radius 2 is 2.17 bits per heavy atom. The number of carbonyl (C=O) groups excluding carboxylic acids is 2. The van der Waals surface area contributed by atoms with Gasteiger partial charge in [-0.1, -0.05) is 11.6 Å². The summed E-state index contributed by atoms with van der Waals surface area (Å²) in [5.74, 6) is 0.234. The predicted molar refractivity (Wildman–Crippen MR) is 90.5 cm³/mol. The van der Waals surface area contributed by atoms with Crippen LogP contribution >= 0.6 is 11.6 Å². The highest BCUT2D eigenvalue weighted by molar-refractivity contribution is 6.32. The molecule has 2 aliphatic heterocycles. The van der Waals surface area contributed by atoms with Gasteiger partial charge in [0.25, 0.3) is 0 Å². The van der Waals surface area contributed by atoms with Gasteiger partial charge < -0.3 is 19.3 Å². The molecule has 2 amide bonds. The topological polar surface area (TPSA) is 59.1 Å². The van der Waals surface area contributed by atoms with Crippen molar-refractivity contribution in [3.05, 3.63) is 23.2 Å². The molecule has 0 aliphatic carbocycles. The first kappa shape index (κ1) is 17.0. The Bertz CT molecular complexity index is 629. The standard InChI is InChI=1S/C17H21ClN2O4/c1-23-15-4-3-13(10-14(15)18)20-11-12(9-16(20)21)17(22)19-5-2-7-24-8-6-19/h3-4,10,12H,2,5-9,11H2,1H3/t12-/m1/s1. The maximum Gasteiger partial charge on any atom is 0.228 e. The third kappa shape index (κ3) is 3.49. The number of anilines is 1. The summed E-state index contributed by atoms with van der Waals surface area (Å²) in [6.07, 6.45) is 1.07. The quantitative estimate of drug-likeness (QED) is 0.834. The summed E-state index contributed by atoms with van der Waals surface area (Å²) in [6, 6.07) is 5.21. The van der Waals surface area contributed by atoms with Gasteiger partial charge in [0.1, 0.15) is 5.75 Å². The van der Waals surface area contributed by atoms with E-state index in [1.54, 1.807) is 30.2 Å². The van der Waals surface area contributed by atoms with Crippen molar-refractivity contribution in [2.24, 2.45) is 5.92 Å². The second-order valence-electron chi connectivity index (χ2n) is 6.02. The van der Waals surface area contributed by atoms with Gasteiger partial charge in [0.2, 0.25) is 11.8 Å². The Kier molecular flexibility index (Phi) is 5.26. The number of methoxy groups -OCH3 is 1. The summed E-state index contributed by atoms with van der Waals surface area (Å²) in [5, 5.41) is 0.447. The molecule has 0 saturated carbocycles. The first-order chi connectivity index (χ1) is 11.6. The monoisotopic (exact) mass is 352 g/mol. The van der Waals surface area contributed by atoms with E-state index in [1.807, 2.05) is 4.90 Å². The number of halogens is 1. The van der Waals surface area contributed by atoms with Crippen molar-refractivity contribution in [2.45, 2.75) is 12.8 Å². The number of ether oxygens (including phenoxy) is 2. The van der Waals surface area contributed by atoms with Crippen LogP contribution in [0.1, 0.15) is 12.8 Å². The summed E-state index contributed by atoms with van der Waals surface area (Å²) < 4.78 is 10.5. The first-order valence-electron chi connectivity index (χ1n) is 8.10. The zero-order valence-electron chi connectivity index (χ0n) is 13.7. The van der Waals surface area contributed by atoms with Crippen LogP contribution in [-0.4, -0.2) is 56.7 Å². The third-order valence-electron chi connectivity index (χ3n) is 4.46. The molecule has 0 aromatic heterocycles. The second kappa shape index (κ2) is 7.40. The lowest BCUT2D eigenvalue weighted by Gasteiger charge is -2.23. The van der Waals surface area contributed by atoms with Crippen molar-refractivity contribution < 1.29 is 19.1 Å². The van der Waals surface area contributed by atoms with Crippen molar-refractivity contribution in [1.82, 2.24) is 4.90 Å². The number of hydrogen-bond acceptors (Lipinski definition) is 4. The molecule has 0 bridgehead atoms. The zero-order valence-corrected chi connectivity index (χ0v) is 14.4. The Morgan fingerprint density at radius 1 is 1.33 bits per heavy atom. The molecule has 24 heavy (non-hydrogen) atoms. The molecule has 2 fully saturated rings. The second-order valence-corrected chi connectivity index (χ2v) is 6.42. The minimum Gasteiger partial charge on any atom is -0.495 e. The van der Waals surface area contributed by atoms with Crippen LogP contribution in [0.2, 0.25) is 5.02 Å². The average Bonchev–Trinajstić information content (AvgIpc) is 2.79. The van der Waals surface area contributed by atoms with Crippen molar-refractivity contribution in [2.75, 3.05) is 44.9 Å². The fraction of sp³-hybridized carbons (Fsp3) is 0.529. The van der Waals surface area contributed by atoms with E-state index in [4.69, 9.17) is 21.1 Å². The highest BCUT2D eigenvalue weighted by Gasteiger charge is 2.37. The molecule has 6 nitrogen and oxygen atoms in total. The molecule has 2 saturated heterocycles. The van der Waals surface area contributed by atoms with Gasteiger partial charge in [0.05, 0.1) is 24.7 Å². The molecular weight excluding hydrogens is 332 g/mol. The Labute approximate surface area is 146 Å². The van der Waals surface area contributed by atoms with Crippen LogP contribution in [0.3, 0.4) is 0 Å². The lowest BCUT2D eigenvalue weighted by molar-refractivity contribution is -0.135. The van der Waals surface area contributed by atoms with Gasteiger partial charge >= 0.3 is 0 Å². The van der Waals surface area contributed by atoms with Crippen LogP contribution in [0, 0.1) is 5.92 Å². The van der Waals surface area contributed by atoms with Gasteiger partial charge in [-0.3, -0.25) is 9.59 Å². The average molecular weight is 353 g/mol. The van der Waals surface area contributed by atoms with Crippen molar-refractivity contribution >= 4 is 29.1 Å². The first-order valence-corrected chi connectivity index (χ1v) is 8.48. The van der Waals surface area contributed by atoms with Crippen LogP contribution < -0.4 is 9.64 Å². The molecule has 2 aliphatic rings. The molecule has 0 spiro atoms. The lowest BCUT2D eigenvalue weighted by Crippen LogP contribution is -2.39. The van der Waals surface area contributed by atoms with E-state index >= 15 is 0 Å². The number of amides is 2. The molecule has 0 radical (unpaired) electrons. The highest BCUT2D eigenvalue weighted by atomic mass is 35.5. The van der Waals surface area contributed by atoms with Crippen LogP contribution in [0.15, 0.2) is 18.2 Å². The molecular formula is C17H21ClN2O4. The Balaban J connectivity index is 1.71. The van der Waals surface area contributed by atoms with Gasteiger partial charge in [-0.15, -0.1) is 0 Å². The van der Waals surface area contributed by atoms with Gasteiger partial charge in [0, 0.05) is 38.3 Å². The summed E-state index contributed by atoms with van der Waals surface area (Å²) in [7, 11) is 1.54. The number of nitrogens with zero attached hydrogens (tertiary/aromatic N) is 2. The molecule has 0 N–H and O–H groups in total. The van der Waals surface area contributed by atoms with Crippen LogP contribution in [-0.2, 0) is 14.3 Å². The number of benzene rings is 1. The van der Waals surface area contributed by atoms with E-state index in [2.05, 4.69) is 0 Å². The molecule has 1 aromatic rings. The molecule has 1 atom stereocenters. The number of hydrogen-bond donors (Lipinski definition) is 0. The van der Waals surface area contributed by atoms with Crippen molar-refractivity contribution in [3.63, 3.8) is 0 Å². The third-order valence-corrected chi connectivity index (χ3v) is 4.75. The summed E-state index contributed by atoms with van der Waals surface area (Å²) in [4.78, 5) is 28.5. The smallest absolute Gasteiger partial charge is 0.228 e. The van der Waals surface area contributed by atoms with Gasteiger partial charge in [-0.05, 0) is 24.6 Å². The molecule has 0 unspecified atom stereocenters. The van der Waals surface area contributed by atoms with Crippen LogP contribution in [0.4, 0.5) is 5.69 Å². The fourth-order valence-electron chi connectivity index (χ4n) is 3.17. The van der Waals surface area contributed by atoms with E-state index in [-0.39, 0.29) is 24.2 Å². The predicted octanol–water partition coefficient (Wildman–Crippen LogP) is 1.95. The summed E-state index contributed by atoms with van der Waals surface area (Å²) in [5.41, 5.74) is 0.695. The number of rotatable bonds is 3. The largest absolute Gasteiger partial charge is 0.495 e. The van der Waals surface area contributed by atoms with E-state index < -0.39 is 0 Å². The van der Waals surface area contributed by atoms with Crippen molar-refractivity contribution in [1.29, 1.82) is 0 Å². The summed E-state index contributed by atoms with van der Waals surface area (Å²) >= 11 is 6.14. The highest BCUT2D eigenvalue weighted by Crippen LogP contribution is 2.32. The molecule has 130 valence electrons. The van der Waals surface area contributed by atoms with Crippen LogP contribution in [0.5, 0.6) is 5.75 Å². The lowest BCUT2D eigenvalue weighted by atomic mass is 10.1. The normalized spacial score (nSPS) is 21.8. The molecule has 7 heteroatoms. The van der Waals surface area contributed by atoms with Crippen LogP contribution in [0.25, 0.3) is 0 Å². The van der Waals surface area contributed by atoms with E-state index in [0.29, 0.717) is 49.3 Å². The van der Waals surface area contributed by atoms with E-state index in [1.165, 1.54) is 0 Å². The zero-order chi connectivity index (χ0) is 17.1. The van der Waals surface area contributed by atoms with Gasteiger partial charge in [0.15, 0.2) is 0 Å². The van der Waals surface area contributed by atoms with Gasteiger partial charge in [-0.2, -0.15) is 0 Å². The maximum atomic E-state index is 12.7. The minimum absolute atomic E-state index is 0.0379. The van der Waals surface area contributed by atoms with Crippen molar-refractivity contribution in [3.8, 4) is 5.75 Å². The van der Waals surface area contributed by atoms with E-state index in [9.17, 15) is 9.59 Å². The van der Waals surface area contributed by atoms with E-state index in [0.717, 1.165) is 6.42 Å². The Morgan fingerprint density at radius 3 is 2.92 bits per heavy atom. The molecule has 3 rings (SSSR count).